The summed E-state index contributed by atoms with van der Waals surface area (Å²) in [7, 11) is 0. The van der Waals surface area contributed by atoms with Crippen molar-refractivity contribution in [1.82, 2.24) is 9.97 Å². The van der Waals surface area contributed by atoms with E-state index in [9.17, 15) is 0 Å². The maximum atomic E-state index is 5.83. The molecule has 1 heterocycles. The van der Waals surface area contributed by atoms with E-state index >= 15 is 0 Å². The highest BCUT2D eigenvalue weighted by molar-refractivity contribution is 5.18. The molecule has 0 spiro atoms. The van der Waals surface area contributed by atoms with E-state index in [2.05, 4.69) is 23.8 Å². The number of H-pyrrole nitrogens is 1. The smallest absolute Gasteiger partial charge is 0.113 e. The van der Waals surface area contributed by atoms with E-state index in [1.165, 1.54) is 25.0 Å². The molecule has 1 aromatic rings. The van der Waals surface area contributed by atoms with E-state index in [0.717, 1.165) is 12.4 Å². The van der Waals surface area contributed by atoms with Gasteiger partial charge in [0.05, 0.1) is 0 Å². The summed E-state index contributed by atoms with van der Waals surface area (Å²) < 4.78 is 0. The zero-order valence-electron chi connectivity index (χ0n) is 9.01. The highest BCUT2D eigenvalue weighted by Gasteiger charge is 2.39. The lowest BCUT2D eigenvalue weighted by Crippen LogP contribution is -2.42. The molecule has 3 heteroatoms. The second-order valence-electron chi connectivity index (χ2n) is 4.68. The van der Waals surface area contributed by atoms with E-state index in [1.54, 1.807) is 0 Å². The van der Waals surface area contributed by atoms with Gasteiger partial charge in [-0.15, -0.1) is 0 Å². The van der Waals surface area contributed by atoms with Gasteiger partial charge in [-0.1, -0.05) is 20.3 Å². The highest BCUT2D eigenvalue weighted by atomic mass is 15.0. The van der Waals surface area contributed by atoms with Crippen LogP contribution in [-0.2, 0) is 5.41 Å². The average Bonchev–Trinajstić information content (AvgIpc) is 2.52. The van der Waals surface area contributed by atoms with Gasteiger partial charge in [0.15, 0.2) is 0 Å². The third-order valence-corrected chi connectivity index (χ3v) is 3.42. The normalized spacial score (nSPS) is 19.7. The van der Waals surface area contributed by atoms with Gasteiger partial charge in [0, 0.05) is 23.9 Å². The number of nitrogens with two attached hydrogens (primary N) is 1. The van der Waals surface area contributed by atoms with Gasteiger partial charge in [0.1, 0.15) is 5.82 Å². The van der Waals surface area contributed by atoms with Crippen molar-refractivity contribution in [1.29, 1.82) is 0 Å². The minimum Gasteiger partial charge on any atom is -0.345 e. The number of aromatic amines is 1. The van der Waals surface area contributed by atoms with Crippen LogP contribution in [0.25, 0.3) is 0 Å². The summed E-state index contributed by atoms with van der Waals surface area (Å²) in [5.74, 6) is 1.63. The third-order valence-electron chi connectivity index (χ3n) is 3.42. The molecule has 1 aliphatic rings. The van der Waals surface area contributed by atoms with Crippen molar-refractivity contribution in [2.45, 2.75) is 44.4 Å². The summed E-state index contributed by atoms with van der Waals surface area (Å²) >= 11 is 0. The molecule has 0 radical (unpaired) electrons. The Labute approximate surface area is 85.1 Å². The van der Waals surface area contributed by atoms with Crippen LogP contribution < -0.4 is 5.73 Å². The van der Waals surface area contributed by atoms with Crippen molar-refractivity contribution >= 4 is 0 Å². The van der Waals surface area contributed by atoms with E-state index < -0.39 is 0 Å². The van der Waals surface area contributed by atoms with Crippen molar-refractivity contribution in [3.63, 3.8) is 0 Å². The van der Waals surface area contributed by atoms with Crippen LogP contribution in [0.1, 0.15) is 50.5 Å². The Bertz CT molecular complexity index is 305. The molecule has 0 atom stereocenters. The van der Waals surface area contributed by atoms with Crippen LogP contribution >= 0.6 is 0 Å². The van der Waals surface area contributed by atoms with Gasteiger partial charge in [-0.25, -0.2) is 4.98 Å². The predicted molar refractivity (Wildman–Crippen MR) is 57.3 cm³/mol. The minimum atomic E-state index is 0.174. The van der Waals surface area contributed by atoms with Crippen LogP contribution in [0.5, 0.6) is 0 Å². The van der Waals surface area contributed by atoms with Crippen LogP contribution in [0, 0.1) is 0 Å². The Morgan fingerprint density at radius 3 is 2.64 bits per heavy atom. The van der Waals surface area contributed by atoms with Gasteiger partial charge in [-0.3, -0.25) is 0 Å². The SMILES string of the molecule is CC(C)c1cnc(C2(CN)CCC2)[nH]1. The van der Waals surface area contributed by atoms with E-state index in [-0.39, 0.29) is 5.41 Å². The Morgan fingerprint density at radius 1 is 1.57 bits per heavy atom. The minimum absolute atomic E-state index is 0.174. The third kappa shape index (κ3) is 1.36. The largest absolute Gasteiger partial charge is 0.345 e. The highest BCUT2D eigenvalue weighted by Crippen LogP contribution is 2.41. The first-order valence-electron chi connectivity index (χ1n) is 5.43. The second kappa shape index (κ2) is 3.39. The Hall–Kier alpha value is -0.830. The average molecular weight is 193 g/mol. The van der Waals surface area contributed by atoms with Gasteiger partial charge < -0.3 is 10.7 Å². The number of imidazole rings is 1. The maximum absolute atomic E-state index is 5.83. The fraction of sp³-hybridized carbons (Fsp3) is 0.727. The Balaban J connectivity index is 2.23. The van der Waals surface area contributed by atoms with Gasteiger partial charge in [-0.05, 0) is 18.8 Å². The number of hydrogen-bond donors (Lipinski definition) is 2. The van der Waals surface area contributed by atoms with E-state index in [1.807, 2.05) is 6.20 Å². The number of rotatable bonds is 3. The summed E-state index contributed by atoms with van der Waals surface area (Å²) in [5.41, 5.74) is 7.22. The predicted octanol–water partition coefficient (Wildman–Crippen LogP) is 1.91. The molecule has 14 heavy (non-hydrogen) atoms. The quantitative estimate of drug-likeness (QED) is 0.770. The van der Waals surface area contributed by atoms with E-state index in [4.69, 9.17) is 5.73 Å². The molecular formula is C11H19N3. The van der Waals surface area contributed by atoms with Crippen LogP contribution in [0.2, 0.25) is 0 Å². The van der Waals surface area contributed by atoms with Crippen molar-refractivity contribution in [3.05, 3.63) is 17.7 Å². The first kappa shape index (κ1) is 9.71. The van der Waals surface area contributed by atoms with Crippen molar-refractivity contribution in [3.8, 4) is 0 Å². The van der Waals surface area contributed by atoms with Gasteiger partial charge in [-0.2, -0.15) is 0 Å². The van der Waals surface area contributed by atoms with Crippen LogP contribution in [0.15, 0.2) is 6.20 Å². The zero-order chi connectivity index (χ0) is 10.2. The number of nitrogens with one attached hydrogen (secondary N) is 1. The molecule has 1 fully saturated rings. The zero-order valence-corrected chi connectivity index (χ0v) is 9.01. The molecule has 3 nitrogen and oxygen atoms in total. The Kier molecular flexibility index (Phi) is 2.35. The van der Waals surface area contributed by atoms with Crippen LogP contribution in [-0.4, -0.2) is 16.5 Å². The molecule has 0 unspecified atom stereocenters. The number of hydrogen-bond acceptors (Lipinski definition) is 2. The number of aromatic nitrogens is 2. The Morgan fingerprint density at radius 2 is 2.29 bits per heavy atom. The summed E-state index contributed by atoms with van der Waals surface area (Å²) in [4.78, 5) is 7.88. The lowest BCUT2D eigenvalue weighted by Gasteiger charge is -2.39. The summed E-state index contributed by atoms with van der Waals surface area (Å²) in [5, 5.41) is 0. The summed E-state index contributed by atoms with van der Waals surface area (Å²) in [6.07, 6.45) is 5.62. The molecule has 0 aliphatic heterocycles. The first-order chi connectivity index (χ1) is 6.68. The fourth-order valence-electron chi connectivity index (χ4n) is 2.04. The summed E-state index contributed by atoms with van der Waals surface area (Å²) in [6, 6.07) is 0. The molecule has 0 bridgehead atoms. The molecule has 1 aliphatic carbocycles. The molecule has 1 aromatic heterocycles. The van der Waals surface area contributed by atoms with Crippen LogP contribution in [0.3, 0.4) is 0 Å². The van der Waals surface area contributed by atoms with E-state index in [0.29, 0.717) is 5.92 Å². The second-order valence-corrected chi connectivity index (χ2v) is 4.68. The lowest BCUT2D eigenvalue weighted by atomic mass is 9.68. The van der Waals surface area contributed by atoms with Gasteiger partial charge in [0.25, 0.3) is 0 Å². The molecular weight excluding hydrogens is 174 g/mol. The molecule has 0 saturated heterocycles. The molecule has 0 aromatic carbocycles. The number of nitrogens with zero attached hydrogens (tertiary/aromatic N) is 1. The van der Waals surface area contributed by atoms with Crippen molar-refractivity contribution in [2.24, 2.45) is 5.73 Å². The summed E-state index contributed by atoms with van der Waals surface area (Å²) in [6.45, 7) is 5.07. The van der Waals surface area contributed by atoms with Crippen molar-refractivity contribution < 1.29 is 0 Å². The molecule has 1 saturated carbocycles. The molecule has 78 valence electrons. The first-order valence-corrected chi connectivity index (χ1v) is 5.43. The maximum Gasteiger partial charge on any atom is 0.113 e. The molecule has 2 rings (SSSR count). The lowest BCUT2D eigenvalue weighted by molar-refractivity contribution is 0.239. The van der Waals surface area contributed by atoms with Crippen LogP contribution in [0.4, 0.5) is 0 Å². The van der Waals surface area contributed by atoms with Gasteiger partial charge >= 0.3 is 0 Å². The molecule has 0 amide bonds. The fourth-order valence-corrected chi connectivity index (χ4v) is 2.04. The van der Waals surface area contributed by atoms with Crippen molar-refractivity contribution in [2.75, 3.05) is 6.54 Å². The van der Waals surface area contributed by atoms with Gasteiger partial charge in [0.2, 0.25) is 0 Å². The standard InChI is InChI=1S/C11H19N3/c1-8(2)9-6-13-10(14-9)11(7-12)4-3-5-11/h6,8H,3-5,7,12H2,1-2H3,(H,13,14). The monoisotopic (exact) mass is 193 g/mol. The topological polar surface area (TPSA) is 54.7 Å². The molecule has 3 N–H and O–H groups in total.